The van der Waals surface area contributed by atoms with Crippen LogP contribution in [0.2, 0.25) is 5.02 Å². The van der Waals surface area contributed by atoms with E-state index in [-0.39, 0.29) is 5.75 Å². The molecule has 2 aromatic rings. The number of nitrogens with zero attached hydrogens (tertiary/aromatic N) is 1. The Labute approximate surface area is 111 Å². The van der Waals surface area contributed by atoms with E-state index in [1.807, 2.05) is 6.07 Å². The highest BCUT2D eigenvalue weighted by molar-refractivity contribution is 9.10. The van der Waals surface area contributed by atoms with E-state index in [4.69, 9.17) is 16.3 Å². The van der Waals surface area contributed by atoms with Gasteiger partial charge in [0, 0.05) is 29.4 Å². The lowest BCUT2D eigenvalue weighted by molar-refractivity contribution is 0.303. The second-order valence-electron chi connectivity index (χ2n) is 3.38. The van der Waals surface area contributed by atoms with Crippen LogP contribution in [-0.4, -0.2) is 16.8 Å². The van der Waals surface area contributed by atoms with Crippen molar-refractivity contribution in [2.75, 3.05) is 6.61 Å². The fourth-order valence-electron chi connectivity index (χ4n) is 1.33. The predicted molar refractivity (Wildman–Crippen MR) is 66.9 cm³/mol. The molecule has 0 saturated carbocycles. The van der Waals surface area contributed by atoms with Crippen LogP contribution < -0.4 is 4.74 Å². The molecule has 1 N–H and O–H groups in total. The van der Waals surface area contributed by atoms with Gasteiger partial charge in [0.05, 0.1) is 11.1 Å². The number of hydrogen-bond donors (Lipinski definition) is 1. The Hall–Kier alpha value is -1.07. The van der Waals surface area contributed by atoms with Crippen LogP contribution in [0.15, 0.2) is 28.9 Å². The molecule has 0 fully saturated rings. The van der Waals surface area contributed by atoms with Gasteiger partial charge in [-0.15, -0.1) is 0 Å². The van der Waals surface area contributed by atoms with Crippen molar-refractivity contribution in [2.24, 2.45) is 0 Å². The van der Waals surface area contributed by atoms with Crippen LogP contribution in [0.25, 0.3) is 0 Å². The summed E-state index contributed by atoms with van der Waals surface area (Å²) in [6.07, 6.45) is 2.29. The van der Waals surface area contributed by atoms with Crippen LogP contribution in [0.4, 0.5) is 4.39 Å². The Morgan fingerprint density at radius 3 is 3.00 bits per heavy atom. The fourth-order valence-corrected chi connectivity index (χ4v) is 2.11. The molecule has 0 unspecified atom stereocenters. The maximum atomic E-state index is 13.6. The third kappa shape index (κ3) is 3.20. The smallest absolute Gasteiger partial charge is 0.179 e. The minimum atomic E-state index is -0.445. The van der Waals surface area contributed by atoms with Gasteiger partial charge in [-0.3, -0.25) is 5.10 Å². The maximum absolute atomic E-state index is 13.6. The average Bonchev–Trinajstić information content (AvgIpc) is 2.78. The van der Waals surface area contributed by atoms with Crippen molar-refractivity contribution in [1.82, 2.24) is 10.2 Å². The van der Waals surface area contributed by atoms with Crippen molar-refractivity contribution >= 4 is 27.5 Å². The monoisotopic (exact) mass is 318 g/mol. The van der Waals surface area contributed by atoms with Gasteiger partial charge >= 0.3 is 0 Å². The first-order chi connectivity index (χ1) is 8.16. The summed E-state index contributed by atoms with van der Waals surface area (Å²) in [5.41, 5.74) is 0.937. The Kier molecular flexibility index (Phi) is 4.02. The second-order valence-corrected chi connectivity index (χ2v) is 4.67. The van der Waals surface area contributed by atoms with Gasteiger partial charge in [0.2, 0.25) is 0 Å². The van der Waals surface area contributed by atoms with Crippen LogP contribution in [0.5, 0.6) is 5.75 Å². The number of H-pyrrole nitrogens is 1. The van der Waals surface area contributed by atoms with Crippen molar-refractivity contribution in [3.8, 4) is 5.75 Å². The highest BCUT2D eigenvalue weighted by Crippen LogP contribution is 2.29. The number of aromatic amines is 1. The third-order valence-corrected chi connectivity index (χ3v) is 2.94. The molecule has 1 aromatic carbocycles. The topological polar surface area (TPSA) is 37.9 Å². The molecule has 0 saturated heterocycles. The second kappa shape index (κ2) is 5.51. The van der Waals surface area contributed by atoms with E-state index in [1.54, 1.807) is 6.20 Å². The Bertz CT molecular complexity index is 504. The lowest BCUT2D eigenvalue weighted by atomic mass is 10.3. The average molecular weight is 320 g/mol. The SMILES string of the molecule is Fc1c(Br)cc(Cl)cc1OCCc1ccn[nH]1. The summed E-state index contributed by atoms with van der Waals surface area (Å²) in [6, 6.07) is 4.78. The first-order valence-corrected chi connectivity index (χ1v) is 6.09. The summed E-state index contributed by atoms with van der Waals surface area (Å²) in [5.74, 6) is -0.303. The van der Waals surface area contributed by atoms with Gasteiger partial charge < -0.3 is 4.74 Å². The minimum Gasteiger partial charge on any atom is -0.490 e. The predicted octanol–water partition coefficient (Wildman–Crippen LogP) is 3.59. The van der Waals surface area contributed by atoms with Crippen LogP contribution in [-0.2, 0) is 6.42 Å². The van der Waals surface area contributed by atoms with Crippen molar-refractivity contribution in [1.29, 1.82) is 0 Å². The van der Waals surface area contributed by atoms with E-state index in [1.165, 1.54) is 12.1 Å². The number of aromatic nitrogens is 2. The first-order valence-electron chi connectivity index (χ1n) is 4.92. The number of hydrogen-bond acceptors (Lipinski definition) is 2. The Morgan fingerprint density at radius 2 is 2.29 bits per heavy atom. The third-order valence-electron chi connectivity index (χ3n) is 2.15. The van der Waals surface area contributed by atoms with Crippen molar-refractivity contribution < 1.29 is 9.13 Å². The van der Waals surface area contributed by atoms with E-state index in [0.29, 0.717) is 22.5 Å². The fraction of sp³-hybridized carbons (Fsp3) is 0.182. The molecule has 3 nitrogen and oxygen atoms in total. The summed E-state index contributed by atoms with van der Waals surface area (Å²) in [4.78, 5) is 0. The van der Waals surface area contributed by atoms with Crippen LogP contribution >= 0.6 is 27.5 Å². The van der Waals surface area contributed by atoms with Gasteiger partial charge in [-0.05, 0) is 28.1 Å². The number of ether oxygens (including phenoxy) is 1. The van der Waals surface area contributed by atoms with E-state index < -0.39 is 5.82 Å². The van der Waals surface area contributed by atoms with Gasteiger partial charge in [0.15, 0.2) is 11.6 Å². The maximum Gasteiger partial charge on any atom is 0.179 e. The van der Waals surface area contributed by atoms with E-state index in [2.05, 4.69) is 26.1 Å². The van der Waals surface area contributed by atoms with Crippen molar-refractivity contribution in [3.05, 3.63) is 45.4 Å². The molecule has 0 bridgehead atoms. The van der Waals surface area contributed by atoms with E-state index in [0.717, 1.165) is 5.69 Å². The zero-order valence-corrected chi connectivity index (χ0v) is 11.1. The molecule has 90 valence electrons. The number of rotatable bonds is 4. The van der Waals surface area contributed by atoms with Crippen molar-refractivity contribution in [2.45, 2.75) is 6.42 Å². The molecule has 0 aliphatic carbocycles. The van der Waals surface area contributed by atoms with Gasteiger partial charge in [-0.25, -0.2) is 4.39 Å². The van der Waals surface area contributed by atoms with Crippen LogP contribution in [0.3, 0.4) is 0 Å². The number of nitrogens with one attached hydrogen (secondary N) is 1. The molecule has 0 radical (unpaired) electrons. The lowest BCUT2D eigenvalue weighted by Gasteiger charge is -2.08. The highest BCUT2D eigenvalue weighted by Gasteiger charge is 2.09. The molecule has 0 aliphatic rings. The molecule has 0 atom stereocenters. The van der Waals surface area contributed by atoms with Crippen LogP contribution in [0.1, 0.15) is 5.69 Å². The molecule has 2 rings (SSSR count). The normalized spacial score (nSPS) is 10.5. The summed E-state index contributed by atoms with van der Waals surface area (Å²) in [6.45, 7) is 0.353. The standard InChI is InChI=1S/C11H9BrClFN2O/c12-9-5-7(13)6-10(11(9)14)17-4-2-8-1-3-15-16-8/h1,3,5-6H,2,4H2,(H,15,16). The molecule has 6 heteroatoms. The Morgan fingerprint density at radius 1 is 1.47 bits per heavy atom. The number of halogens is 3. The van der Waals surface area contributed by atoms with Gasteiger partial charge in [0.25, 0.3) is 0 Å². The van der Waals surface area contributed by atoms with Gasteiger partial charge in [-0.2, -0.15) is 5.10 Å². The van der Waals surface area contributed by atoms with E-state index in [9.17, 15) is 4.39 Å². The highest BCUT2D eigenvalue weighted by atomic mass is 79.9. The number of benzene rings is 1. The summed E-state index contributed by atoms with van der Waals surface area (Å²) in [7, 11) is 0. The quantitative estimate of drug-likeness (QED) is 0.875. The summed E-state index contributed by atoms with van der Waals surface area (Å²) < 4.78 is 19.2. The largest absolute Gasteiger partial charge is 0.490 e. The van der Waals surface area contributed by atoms with E-state index >= 15 is 0 Å². The first kappa shape index (κ1) is 12.4. The molecule has 0 amide bonds. The van der Waals surface area contributed by atoms with Crippen molar-refractivity contribution in [3.63, 3.8) is 0 Å². The van der Waals surface area contributed by atoms with Gasteiger partial charge in [0.1, 0.15) is 0 Å². The zero-order valence-electron chi connectivity index (χ0n) is 8.71. The zero-order chi connectivity index (χ0) is 12.3. The molecule has 1 aromatic heterocycles. The Balaban J connectivity index is 1.99. The molecule has 1 heterocycles. The molecular formula is C11H9BrClFN2O. The minimum absolute atomic E-state index is 0.142. The lowest BCUT2D eigenvalue weighted by Crippen LogP contribution is -2.03. The molecule has 0 spiro atoms. The molecule has 0 aliphatic heterocycles. The molecular weight excluding hydrogens is 310 g/mol. The summed E-state index contributed by atoms with van der Waals surface area (Å²) >= 11 is 8.88. The van der Waals surface area contributed by atoms with Gasteiger partial charge in [-0.1, -0.05) is 11.6 Å². The molecule has 17 heavy (non-hydrogen) atoms. The van der Waals surface area contributed by atoms with Crippen LogP contribution in [0, 0.1) is 5.82 Å². The summed E-state index contributed by atoms with van der Waals surface area (Å²) in [5, 5.41) is 7.04.